The number of nitrogens with zero attached hydrogens (tertiary/aromatic N) is 2. The molecule has 0 spiro atoms. The minimum Gasteiger partial charge on any atom is -0.473 e. The maximum atomic E-state index is 5.93. The molecule has 1 N–H and O–H groups in total. The third-order valence-electron chi connectivity index (χ3n) is 2.66. The van der Waals surface area contributed by atoms with Crippen LogP contribution < -0.4 is 10.1 Å². The first-order valence-corrected chi connectivity index (χ1v) is 5.68. The van der Waals surface area contributed by atoms with Crippen molar-refractivity contribution >= 4 is 0 Å². The first kappa shape index (κ1) is 10.5. The van der Waals surface area contributed by atoms with Gasteiger partial charge in [-0.2, -0.15) is 5.10 Å². The van der Waals surface area contributed by atoms with Crippen molar-refractivity contribution in [3.05, 3.63) is 12.3 Å². The third kappa shape index (κ3) is 2.50. The summed E-state index contributed by atoms with van der Waals surface area (Å²) in [6.07, 6.45) is 4.43. The second kappa shape index (κ2) is 4.66. The smallest absolute Gasteiger partial charge is 0.212 e. The zero-order valence-corrected chi connectivity index (χ0v) is 9.44. The molecular weight excluding hydrogens is 190 g/mol. The van der Waals surface area contributed by atoms with Crippen LogP contribution in [0, 0.1) is 0 Å². The minimum absolute atomic E-state index is 0.299. The summed E-state index contributed by atoms with van der Waals surface area (Å²) in [6, 6.07) is 2.29. The van der Waals surface area contributed by atoms with E-state index in [-0.39, 0.29) is 0 Å². The lowest BCUT2D eigenvalue weighted by Gasteiger charge is -2.24. The fourth-order valence-electron chi connectivity index (χ4n) is 1.87. The van der Waals surface area contributed by atoms with Crippen molar-refractivity contribution in [3.63, 3.8) is 0 Å². The summed E-state index contributed by atoms with van der Waals surface area (Å²) < 4.78 is 7.85. The second-order valence-electron chi connectivity index (χ2n) is 4.29. The Bertz CT molecular complexity index is 303. The average molecular weight is 209 g/mol. The minimum atomic E-state index is 0.299. The van der Waals surface area contributed by atoms with Crippen molar-refractivity contribution in [2.75, 3.05) is 13.1 Å². The van der Waals surface area contributed by atoms with Gasteiger partial charge in [0.05, 0.1) is 12.2 Å². The number of nitrogens with one attached hydrogen (secondary N) is 1. The molecule has 1 aromatic heterocycles. The van der Waals surface area contributed by atoms with Gasteiger partial charge in [0, 0.05) is 12.6 Å². The summed E-state index contributed by atoms with van der Waals surface area (Å²) in [5, 5.41) is 7.59. The van der Waals surface area contributed by atoms with Gasteiger partial charge < -0.3 is 10.1 Å². The van der Waals surface area contributed by atoms with Gasteiger partial charge in [0.1, 0.15) is 6.10 Å². The van der Waals surface area contributed by atoms with Crippen LogP contribution in [0.4, 0.5) is 0 Å². The summed E-state index contributed by atoms with van der Waals surface area (Å²) in [5.74, 6) is 0.888. The van der Waals surface area contributed by atoms with Gasteiger partial charge >= 0.3 is 0 Å². The molecule has 2 rings (SSSR count). The van der Waals surface area contributed by atoms with Crippen LogP contribution in [-0.4, -0.2) is 29.0 Å². The number of hydrogen-bond donors (Lipinski definition) is 1. The fourth-order valence-corrected chi connectivity index (χ4v) is 1.87. The standard InChI is InChI=1S/C11H19N3O/c1-9(2)14-11(5-7-13-14)15-10-4-3-6-12-8-10/h5,7,9-10,12H,3-4,6,8H2,1-2H3. The molecule has 0 amide bonds. The molecule has 0 radical (unpaired) electrons. The molecule has 84 valence electrons. The van der Waals surface area contributed by atoms with Crippen LogP contribution in [0.25, 0.3) is 0 Å². The Labute approximate surface area is 90.6 Å². The van der Waals surface area contributed by atoms with Crippen molar-refractivity contribution in [2.45, 2.75) is 38.8 Å². The van der Waals surface area contributed by atoms with Crippen molar-refractivity contribution < 1.29 is 4.74 Å². The topological polar surface area (TPSA) is 39.1 Å². The fraction of sp³-hybridized carbons (Fsp3) is 0.727. The normalized spacial score (nSPS) is 21.9. The van der Waals surface area contributed by atoms with E-state index in [0.717, 1.165) is 25.4 Å². The van der Waals surface area contributed by atoms with Crippen LogP contribution in [0.3, 0.4) is 0 Å². The lowest BCUT2D eigenvalue weighted by atomic mass is 10.1. The molecule has 1 aliphatic rings. The molecule has 15 heavy (non-hydrogen) atoms. The second-order valence-corrected chi connectivity index (χ2v) is 4.29. The van der Waals surface area contributed by atoms with Crippen LogP contribution in [0.1, 0.15) is 32.7 Å². The number of piperidine rings is 1. The molecule has 1 unspecified atom stereocenters. The Morgan fingerprint density at radius 1 is 1.60 bits per heavy atom. The lowest BCUT2D eigenvalue weighted by Crippen LogP contribution is -2.37. The molecule has 1 atom stereocenters. The molecule has 0 aliphatic carbocycles. The van der Waals surface area contributed by atoms with Gasteiger partial charge in [-0.25, -0.2) is 4.68 Å². The monoisotopic (exact) mass is 209 g/mol. The molecule has 1 aliphatic heterocycles. The van der Waals surface area contributed by atoms with E-state index in [1.165, 1.54) is 6.42 Å². The van der Waals surface area contributed by atoms with Gasteiger partial charge in [-0.1, -0.05) is 0 Å². The van der Waals surface area contributed by atoms with Gasteiger partial charge in [0.25, 0.3) is 0 Å². The molecule has 1 fully saturated rings. The number of rotatable bonds is 3. The van der Waals surface area contributed by atoms with Gasteiger partial charge in [-0.15, -0.1) is 0 Å². The zero-order chi connectivity index (χ0) is 10.7. The van der Waals surface area contributed by atoms with E-state index in [4.69, 9.17) is 4.74 Å². The van der Waals surface area contributed by atoms with Gasteiger partial charge in [0.2, 0.25) is 5.88 Å². The van der Waals surface area contributed by atoms with E-state index < -0.39 is 0 Å². The molecule has 0 bridgehead atoms. The zero-order valence-electron chi connectivity index (χ0n) is 9.44. The van der Waals surface area contributed by atoms with Gasteiger partial charge in [0.15, 0.2) is 0 Å². The number of aromatic nitrogens is 2. The molecule has 0 aromatic carbocycles. The van der Waals surface area contributed by atoms with E-state index in [0.29, 0.717) is 12.1 Å². The molecular formula is C11H19N3O. The predicted molar refractivity (Wildman–Crippen MR) is 59.1 cm³/mol. The van der Waals surface area contributed by atoms with Crippen molar-refractivity contribution in [1.29, 1.82) is 0 Å². The van der Waals surface area contributed by atoms with E-state index in [2.05, 4.69) is 24.3 Å². The Kier molecular flexibility index (Phi) is 3.26. The first-order chi connectivity index (χ1) is 7.27. The molecule has 4 heteroatoms. The quantitative estimate of drug-likeness (QED) is 0.821. The predicted octanol–water partition coefficient (Wildman–Crippen LogP) is 1.59. The van der Waals surface area contributed by atoms with Gasteiger partial charge in [-0.05, 0) is 33.2 Å². The number of hydrogen-bond acceptors (Lipinski definition) is 3. The average Bonchev–Trinajstić information content (AvgIpc) is 2.67. The highest BCUT2D eigenvalue weighted by molar-refractivity contribution is 5.09. The molecule has 1 saturated heterocycles. The third-order valence-corrected chi connectivity index (χ3v) is 2.66. The summed E-state index contributed by atoms with van der Waals surface area (Å²) >= 11 is 0. The van der Waals surface area contributed by atoms with Crippen LogP contribution in [0.15, 0.2) is 12.3 Å². The van der Waals surface area contributed by atoms with Crippen molar-refractivity contribution in [3.8, 4) is 5.88 Å². The molecule has 2 heterocycles. The highest BCUT2D eigenvalue weighted by atomic mass is 16.5. The summed E-state index contributed by atoms with van der Waals surface area (Å²) in [4.78, 5) is 0. The maximum Gasteiger partial charge on any atom is 0.212 e. The Morgan fingerprint density at radius 2 is 2.47 bits per heavy atom. The SMILES string of the molecule is CC(C)n1nccc1OC1CCCNC1. The summed E-state index contributed by atoms with van der Waals surface area (Å²) in [7, 11) is 0. The molecule has 1 aromatic rings. The Hall–Kier alpha value is -1.03. The number of ether oxygens (including phenoxy) is 1. The van der Waals surface area contributed by atoms with Crippen LogP contribution in [0.5, 0.6) is 5.88 Å². The lowest BCUT2D eigenvalue weighted by molar-refractivity contribution is 0.149. The van der Waals surface area contributed by atoms with Crippen molar-refractivity contribution in [2.24, 2.45) is 0 Å². The highest BCUT2D eigenvalue weighted by Gasteiger charge is 2.16. The summed E-state index contributed by atoms with van der Waals surface area (Å²) in [5.41, 5.74) is 0. The molecule has 0 saturated carbocycles. The molecule has 4 nitrogen and oxygen atoms in total. The first-order valence-electron chi connectivity index (χ1n) is 5.68. The Morgan fingerprint density at radius 3 is 3.13 bits per heavy atom. The van der Waals surface area contributed by atoms with E-state index in [9.17, 15) is 0 Å². The van der Waals surface area contributed by atoms with Crippen LogP contribution in [0.2, 0.25) is 0 Å². The van der Waals surface area contributed by atoms with Crippen LogP contribution in [-0.2, 0) is 0 Å². The highest BCUT2D eigenvalue weighted by Crippen LogP contribution is 2.18. The Balaban J connectivity index is 1.99. The summed E-state index contributed by atoms with van der Waals surface area (Å²) in [6.45, 7) is 6.28. The van der Waals surface area contributed by atoms with E-state index in [1.54, 1.807) is 6.20 Å². The van der Waals surface area contributed by atoms with Crippen molar-refractivity contribution in [1.82, 2.24) is 15.1 Å². The maximum absolute atomic E-state index is 5.93. The van der Waals surface area contributed by atoms with Gasteiger partial charge in [-0.3, -0.25) is 0 Å². The van der Waals surface area contributed by atoms with E-state index in [1.807, 2.05) is 10.7 Å². The van der Waals surface area contributed by atoms with E-state index >= 15 is 0 Å². The largest absolute Gasteiger partial charge is 0.473 e. The van der Waals surface area contributed by atoms with Crippen LogP contribution >= 0.6 is 0 Å².